The number of carbonyl (C=O) groups excluding carboxylic acids is 1. The van der Waals surface area contributed by atoms with Crippen molar-refractivity contribution in [2.45, 2.75) is 6.61 Å². The Kier molecular flexibility index (Phi) is 4.20. The summed E-state index contributed by atoms with van der Waals surface area (Å²) in [6.07, 6.45) is 0. The van der Waals surface area contributed by atoms with E-state index in [1.165, 1.54) is 25.3 Å². The van der Waals surface area contributed by atoms with Crippen molar-refractivity contribution in [3.05, 3.63) is 59.4 Å². The van der Waals surface area contributed by atoms with Crippen LogP contribution in [-0.2, 0) is 6.61 Å². The van der Waals surface area contributed by atoms with Crippen molar-refractivity contribution >= 4 is 5.91 Å². The summed E-state index contributed by atoms with van der Waals surface area (Å²) in [4.78, 5) is 11.3. The van der Waals surface area contributed by atoms with Gasteiger partial charge in [0.05, 0.1) is 12.7 Å². The minimum atomic E-state index is -0.595. The van der Waals surface area contributed by atoms with Gasteiger partial charge in [-0.1, -0.05) is 12.1 Å². The quantitative estimate of drug-likeness (QED) is 0.912. The molecule has 0 radical (unpaired) electrons. The van der Waals surface area contributed by atoms with Crippen LogP contribution in [0.4, 0.5) is 4.39 Å². The maximum Gasteiger partial charge on any atom is 0.252 e. The van der Waals surface area contributed by atoms with Gasteiger partial charge in [0.2, 0.25) is 0 Å². The number of primary amides is 1. The molecule has 0 bridgehead atoms. The fraction of sp³-hybridized carbons (Fsp3) is 0.133. The second-order valence-corrected chi connectivity index (χ2v) is 4.14. The van der Waals surface area contributed by atoms with Gasteiger partial charge < -0.3 is 15.2 Å². The third kappa shape index (κ3) is 3.26. The van der Waals surface area contributed by atoms with Crippen molar-refractivity contribution in [3.8, 4) is 11.5 Å². The predicted molar refractivity (Wildman–Crippen MR) is 72.2 cm³/mol. The molecular formula is C15H14FNO3. The SMILES string of the molecule is COc1ccc(C(N)=O)c(OCc2cccc(F)c2)c1. The van der Waals surface area contributed by atoms with E-state index < -0.39 is 5.91 Å². The molecule has 0 saturated heterocycles. The number of hydrogen-bond acceptors (Lipinski definition) is 3. The summed E-state index contributed by atoms with van der Waals surface area (Å²) >= 11 is 0. The molecule has 104 valence electrons. The normalized spacial score (nSPS) is 10.1. The monoisotopic (exact) mass is 275 g/mol. The van der Waals surface area contributed by atoms with E-state index in [0.29, 0.717) is 17.1 Å². The second-order valence-electron chi connectivity index (χ2n) is 4.14. The van der Waals surface area contributed by atoms with Gasteiger partial charge in [-0.3, -0.25) is 4.79 Å². The van der Waals surface area contributed by atoms with Crippen LogP contribution >= 0.6 is 0 Å². The lowest BCUT2D eigenvalue weighted by atomic mass is 10.1. The highest BCUT2D eigenvalue weighted by Gasteiger charge is 2.11. The molecular weight excluding hydrogens is 261 g/mol. The minimum Gasteiger partial charge on any atom is -0.497 e. The zero-order chi connectivity index (χ0) is 14.5. The molecule has 0 aliphatic heterocycles. The van der Waals surface area contributed by atoms with E-state index in [9.17, 15) is 9.18 Å². The van der Waals surface area contributed by atoms with Crippen molar-refractivity contribution in [1.82, 2.24) is 0 Å². The first-order valence-corrected chi connectivity index (χ1v) is 5.95. The second kappa shape index (κ2) is 6.06. The Morgan fingerprint density at radius 2 is 2.05 bits per heavy atom. The van der Waals surface area contributed by atoms with Gasteiger partial charge in [0.1, 0.15) is 23.9 Å². The van der Waals surface area contributed by atoms with Crippen molar-refractivity contribution in [1.29, 1.82) is 0 Å². The van der Waals surface area contributed by atoms with E-state index in [0.717, 1.165) is 0 Å². The minimum absolute atomic E-state index is 0.130. The number of benzene rings is 2. The van der Waals surface area contributed by atoms with Gasteiger partial charge in [0.25, 0.3) is 5.91 Å². The zero-order valence-corrected chi connectivity index (χ0v) is 10.9. The highest BCUT2D eigenvalue weighted by atomic mass is 19.1. The molecule has 0 aliphatic rings. The summed E-state index contributed by atoms with van der Waals surface area (Å²) in [5.74, 6) is -0.0842. The van der Waals surface area contributed by atoms with E-state index in [-0.39, 0.29) is 18.0 Å². The fourth-order valence-corrected chi connectivity index (χ4v) is 1.74. The Morgan fingerprint density at radius 3 is 2.70 bits per heavy atom. The summed E-state index contributed by atoms with van der Waals surface area (Å²) in [7, 11) is 1.51. The van der Waals surface area contributed by atoms with Crippen LogP contribution in [0, 0.1) is 5.82 Å². The first-order chi connectivity index (χ1) is 9.60. The number of methoxy groups -OCH3 is 1. The number of halogens is 1. The summed E-state index contributed by atoms with van der Waals surface area (Å²) < 4.78 is 23.7. The van der Waals surface area contributed by atoms with Gasteiger partial charge in [0.15, 0.2) is 0 Å². The summed E-state index contributed by atoms with van der Waals surface area (Å²) in [5, 5.41) is 0. The fourth-order valence-electron chi connectivity index (χ4n) is 1.74. The van der Waals surface area contributed by atoms with Crippen molar-refractivity contribution < 1.29 is 18.7 Å². The third-order valence-corrected chi connectivity index (χ3v) is 2.74. The maximum atomic E-state index is 13.1. The van der Waals surface area contributed by atoms with Crippen LogP contribution in [0.2, 0.25) is 0 Å². The Hall–Kier alpha value is -2.56. The summed E-state index contributed by atoms with van der Waals surface area (Å²) in [5.41, 5.74) is 6.19. The average Bonchev–Trinajstić information content (AvgIpc) is 2.44. The van der Waals surface area contributed by atoms with Gasteiger partial charge in [-0.15, -0.1) is 0 Å². The molecule has 4 nitrogen and oxygen atoms in total. The first-order valence-electron chi connectivity index (χ1n) is 5.95. The molecule has 0 spiro atoms. The average molecular weight is 275 g/mol. The number of amides is 1. The lowest BCUT2D eigenvalue weighted by molar-refractivity contribution is 0.0996. The van der Waals surface area contributed by atoms with Crippen LogP contribution in [0.3, 0.4) is 0 Å². The number of nitrogens with two attached hydrogens (primary N) is 1. The van der Waals surface area contributed by atoms with Crippen LogP contribution in [-0.4, -0.2) is 13.0 Å². The van der Waals surface area contributed by atoms with Crippen molar-refractivity contribution in [2.24, 2.45) is 5.73 Å². The highest BCUT2D eigenvalue weighted by Crippen LogP contribution is 2.25. The summed E-state index contributed by atoms with van der Waals surface area (Å²) in [6, 6.07) is 10.8. The summed E-state index contributed by atoms with van der Waals surface area (Å²) in [6.45, 7) is 0.130. The van der Waals surface area contributed by atoms with Gasteiger partial charge in [-0.25, -0.2) is 4.39 Å². The molecule has 1 amide bonds. The van der Waals surface area contributed by atoms with E-state index in [1.807, 2.05) is 0 Å². The van der Waals surface area contributed by atoms with Crippen LogP contribution in [0.15, 0.2) is 42.5 Å². The topological polar surface area (TPSA) is 61.5 Å². The van der Waals surface area contributed by atoms with E-state index >= 15 is 0 Å². The molecule has 2 aromatic carbocycles. The van der Waals surface area contributed by atoms with Crippen LogP contribution in [0.5, 0.6) is 11.5 Å². The zero-order valence-electron chi connectivity index (χ0n) is 10.9. The Balaban J connectivity index is 2.21. The molecule has 0 unspecified atom stereocenters. The van der Waals surface area contributed by atoms with E-state index in [1.54, 1.807) is 24.3 Å². The molecule has 0 atom stereocenters. The lowest BCUT2D eigenvalue weighted by Gasteiger charge is -2.11. The molecule has 2 N–H and O–H groups in total. The number of rotatable bonds is 5. The molecule has 2 rings (SSSR count). The lowest BCUT2D eigenvalue weighted by Crippen LogP contribution is -2.13. The molecule has 5 heteroatoms. The smallest absolute Gasteiger partial charge is 0.252 e. The third-order valence-electron chi connectivity index (χ3n) is 2.74. The largest absolute Gasteiger partial charge is 0.497 e. The molecule has 2 aromatic rings. The molecule has 0 saturated carbocycles. The molecule has 0 aliphatic carbocycles. The Labute approximate surface area is 115 Å². The molecule has 20 heavy (non-hydrogen) atoms. The van der Waals surface area contributed by atoms with Gasteiger partial charge >= 0.3 is 0 Å². The highest BCUT2D eigenvalue weighted by molar-refractivity contribution is 5.95. The number of ether oxygens (including phenoxy) is 2. The van der Waals surface area contributed by atoms with Crippen molar-refractivity contribution in [2.75, 3.05) is 7.11 Å². The van der Waals surface area contributed by atoms with Crippen LogP contribution in [0.1, 0.15) is 15.9 Å². The number of hydrogen-bond donors (Lipinski definition) is 1. The first kappa shape index (κ1) is 13.9. The predicted octanol–water partition coefficient (Wildman–Crippen LogP) is 2.51. The Morgan fingerprint density at radius 1 is 1.25 bits per heavy atom. The Bertz CT molecular complexity index is 628. The standard InChI is InChI=1S/C15H14FNO3/c1-19-12-5-6-13(15(17)18)14(8-12)20-9-10-3-2-4-11(16)7-10/h2-8H,9H2,1H3,(H2,17,18). The number of carbonyl (C=O) groups is 1. The van der Waals surface area contributed by atoms with Gasteiger partial charge in [-0.05, 0) is 29.8 Å². The van der Waals surface area contributed by atoms with Gasteiger partial charge in [-0.2, -0.15) is 0 Å². The van der Waals surface area contributed by atoms with Crippen molar-refractivity contribution in [3.63, 3.8) is 0 Å². The van der Waals surface area contributed by atoms with Gasteiger partial charge in [0, 0.05) is 6.07 Å². The van der Waals surface area contributed by atoms with E-state index in [2.05, 4.69) is 0 Å². The molecule has 0 fully saturated rings. The maximum absolute atomic E-state index is 13.1. The van der Waals surface area contributed by atoms with E-state index in [4.69, 9.17) is 15.2 Å². The molecule has 0 aromatic heterocycles. The van der Waals surface area contributed by atoms with Crippen LogP contribution in [0.25, 0.3) is 0 Å². The van der Waals surface area contributed by atoms with Crippen LogP contribution < -0.4 is 15.2 Å². The molecule has 0 heterocycles.